The highest BCUT2D eigenvalue weighted by Gasteiger charge is 2.32. The average Bonchev–Trinajstić information content (AvgIpc) is 2.90. The van der Waals surface area contributed by atoms with Crippen LogP contribution in [-0.4, -0.2) is 18.5 Å². The molecule has 0 unspecified atom stereocenters. The van der Waals surface area contributed by atoms with Gasteiger partial charge in [-0.05, 0) is 30.7 Å². The number of nitrogens with zero attached hydrogens (tertiary/aromatic N) is 1. The summed E-state index contributed by atoms with van der Waals surface area (Å²) in [6.45, 7) is 0.751. The molecule has 1 saturated heterocycles. The second kappa shape index (κ2) is 6.64. The third kappa shape index (κ3) is 3.35. The molecule has 0 spiro atoms. The van der Waals surface area contributed by atoms with Gasteiger partial charge in [0.05, 0.1) is 11.1 Å². The summed E-state index contributed by atoms with van der Waals surface area (Å²) in [6.07, 6.45) is 0.581. The first-order valence-electron chi connectivity index (χ1n) is 7.29. The normalized spacial score (nSPS) is 17.8. The zero-order valence-corrected chi connectivity index (χ0v) is 13.0. The van der Waals surface area contributed by atoms with Crippen molar-refractivity contribution in [3.8, 4) is 0 Å². The van der Waals surface area contributed by atoms with Crippen LogP contribution in [0.5, 0.6) is 0 Å². The molecule has 3 nitrogen and oxygen atoms in total. The number of nitrogens with one attached hydrogen (secondary N) is 1. The third-order valence-electron chi connectivity index (χ3n) is 3.92. The number of carbonyl (C=O) groups is 1. The van der Waals surface area contributed by atoms with Crippen LogP contribution in [-0.2, 0) is 11.3 Å². The number of hydrogen-bond donors (Lipinski definition) is 1. The molecular weight excluding hydrogens is 322 g/mol. The predicted molar refractivity (Wildman–Crippen MR) is 85.4 cm³/mol. The Kier molecular flexibility index (Phi) is 4.59. The summed E-state index contributed by atoms with van der Waals surface area (Å²) in [5.41, 5.74) is 0.989. The van der Waals surface area contributed by atoms with Gasteiger partial charge in [0.1, 0.15) is 11.6 Å². The van der Waals surface area contributed by atoms with E-state index in [1.165, 1.54) is 23.1 Å². The molecule has 0 aliphatic carbocycles. The molecule has 1 N–H and O–H groups in total. The first kappa shape index (κ1) is 15.9. The van der Waals surface area contributed by atoms with Gasteiger partial charge < -0.3 is 10.2 Å². The quantitative estimate of drug-likeness (QED) is 0.926. The van der Waals surface area contributed by atoms with Crippen molar-refractivity contribution in [3.05, 3.63) is 64.7 Å². The first-order valence-corrected chi connectivity index (χ1v) is 7.67. The number of carbonyl (C=O) groups excluding carboxylic acids is 1. The highest BCUT2D eigenvalue weighted by Crippen LogP contribution is 2.26. The van der Waals surface area contributed by atoms with Gasteiger partial charge >= 0.3 is 0 Å². The Bertz CT molecular complexity index is 738. The van der Waals surface area contributed by atoms with Crippen LogP contribution in [0.2, 0.25) is 5.02 Å². The summed E-state index contributed by atoms with van der Waals surface area (Å²) in [4.78, 5) is 13.9. The molecule has 0 bridgehead atoms. The van der Waals surface area contributed by atoms with Crippen LogP contribution >= 0.6 is 11.6 Å². The lowest BCUT2D eigenvalue weighted by Gasteiger charge is -2.17. The standard InChI is InChI=1S/C17H15ClF2N2O/c18-13-6-5-12(9-15(13)20)22-8-7-16(17(22)23)21-10-11-3-1-2-4-14(11)19/h1-6,9,16,21H,7-8,10H2/t16-/m1/s1. The topological polar surface area (TPSA) is 32.3 Å². The minimum Gasteiger partial charge on any atom is -0.311 e. The van der Waals surface area contributed by atoms with E-state index in [1.807, 2.05) is 0 Å². The zero-order chi connectivity index (χ0) is 16.4. The highest BCUT2D eigenvalue weighted by atomic mass is 35.5. The van der Waals surface area contributed by atoms with Crippen molar-refractivity contribution in [2.45, 2.75) is 19.0 Å². The number of hydrogen-bond acceptors (Lipinski definition) is 2. The lowest BCUT2D eigenvalue weighted by Crippen LogP contribution is -2.38. The van der Waals surface area contributed by atoms with Gasteiger partial charge in [-0.2, -0.15) is 0 Å². The van der Waals surface area contributed by atoms with Crippen molar-refractivity contribution >= 4 is 23.2 Å². The maximum Gasteiger partial charge on any atom is 0.244 e. The van der Waals surface area contributed by atoms with Gasteiger partial charge in [0.15, 0.2) is 0 Å². The molecule has 23 heavy (non-hydrogen) atoms. The minimum atomic E-state index is -0.556. The summed E-state index contributed by atoms with van der Waals surface area (Å²) >= 11 is 5.66. The van der Waals surface area contributed by atoms with Gasteiger partial charge in [-0.15, -0.1) is 0 Å². The Hall–Kier alpha value is -1.98. The van der Waals surface area contributed by atoms with Crippen LogP contribution in [0.1, 0.15) is 12.0 Å². The smallest absolute Gasteiger partial charge is 0.244 e. The third-order valence-corrected chi connectivity index (χ3v) is 4.22. The van der Waals surface area contributed by atoms with E-state index in [4.69, 9.17) is 11.6 Å². The Morgan fingerprint density at radius 2 is 1.96 bits per heavy atom. The monoisotopic (exact) mass is 336 g/mol. The molecule has 1 heterocycles. The van der Waals surface area contributed by atoms with E-state index in [0.29, 0.717) is 24.2 Å². The number of anilines is 1. The van der Waals surface area contributed by atoms with Crippen LogP contribution in [0.3, 0.4) is 0 Å². The summed E-state index contributed by atoms with van der Waals surface area (Å²) < 4.78 is 27.1. The lowest BCUT2D eigenvalue weighted by atomic mass is 10.2. The summed E-state index contributed by atoms with van der Waals surface area (Å²) in [7, 11) is 0. The van der Waals surface area contributed by atoms with Crippen LogP contribution < -0.4 is 10.2 Å². The number of amides is 1. The van der Waals surface area contributed by atoms with E-state index in [2.05, 4.69) is 5.32 Å². The highest BCUT2D eigenvalue weighted by molar-refractivity contribution is 6.30. The fourth-order valence-corrected chi connectivity index (χ4v) is 2.77. The van der Waals surface area contributed by atoms with E-state index in [9.17, 15) is 13.6 Å². The van der Waals surface area contributed by atoms with Crippen molar-refractivity contribution < 1.29 is 13.6 Å². The Labute approximate surface area is 137 Å². The molecule has 1 atom stereocenters. The Morgan fingerprint density at radius 3 is 2.70 bits per heavy atom. The van der Waals surface area contributed by atoms with Crippen molar-refractivity contribution in [3.63, 3.8) is 0 Å². The Morgan fingerprint density at radius 1 is 1.17 bits per heavy atom. The van der Waals surface area contributed by atoms with Crippen LogP contribution in [0, 0.1) is 11.6 Å². The lowest BCUT2D eigenvalue weighted by molar-refractivity contribution is -0.118. The van der Waals surface area contributed by atoms with Gasteiger partial charge in [-0.3, -0.25) is 4.79 Å². The minimum absolute atomic E-state index is 0.0228. The van der Waals surface area contributed by atoms with Gasteiger partial charge in [-0.1, -0.05) is 29.8 Å². The van der Waals surface area contributed by atoms with Crippen molar-refractivity contribution in [1.82, 2.24) is 5.32 Å². The summed E-state index contributed by atoms with van der Waals surface area (Å²) in [5.74, 6) is -1.01. The maximum absolute atomic E-state index is 13.6. The largest absolute Gasteiger partial charge is 0.311 e. The van der Waals surface area contributed by atoms with Gasteiger partial charge in [0.2, 0.25) is 5.91 Å². The van der Waals surface area contributed by atoms with Crippen molar-refractivity contribution in [1.29, 1.82) is 0 Å². The van der Waals surface area contributed by atoms with Gasteiger partial charge in [0.25, 0.3) is 0 Å². The first-order chi connectivity index (χ1) is 11.1. The SMILES string of the molecule is O=C1[C@H](NCc2ccccc2F)CCN1c1ccc(Cl)c(F)c1. The number of benzene rings is 2. The van der Waals surface area contributed by atoms with Gasteiger partial charge in [0, 0.05) is 24.3 Å². The second-order valence-electron chi connectivity index (χ2n) is 5.40. The second-order valence-corrected chi connectivity index (χ2v) is 5.81. The molecule has 0 radical (unpaired) electrons. The van der Waals surface area contributed by atoms with Gasteiger partial charge in [-0.25, -0.2) is 8.78 Å². The van der Waals surface area contributed by atoms with E-state index < -0.39 is 11.9 Å². The molecule has 1 aliphatic rings. The molecule has 2 aromatic carbocycles. The van der Waals surface area contributed by atoms with Crippen molar-refractivity contribution in [2.75, 3.05) is 11.4 Å². The predicted octanol–water partition coefficient (Wildman–Crippen LogP) is 3.51. The molecule has 1 fully saturated rings. The van der Waals surface area contributed by atoms with Crippen LogP contribution in [0.15, 0.2) is 42.5 Å². The van der Waals surface area contributed by atoms with E-state index in [0.717, 1.165) is 0 Å². The molecule has 3 rings (SSSR count). The number of rotatable bonds is 4. The van der Waals surface area contributed by atoms with Crippen molar-refractivity contribution in [2.24, 2.45) is 0 Å². The van der Waals surface area contributed by atoms with Crippen LogP contribution in [0.4, 0.5) is 14.5 Å². The molecule has 1 aliphatic heterocycles. The molecule has 120 valence electrons. The fraction of sp³-hybridized carbons (Fsp3) is 0.235. The molecule has 2 aromatic rings. The Balaban J connectivity index is 1.67. The number of halogens is 3. The van der Waals surface area contributed by atoms with E-state index in [1.54, 1.807) is 24.3 Å². The molecule has 0 aromatic heterocycles. The molecular formula is C17H15ClF2N2O. The van der Waals surface area contributed by atoms with E-state index >= 15 is 0 Å². The average molecular weight is 337 g/mol. The fourth-order valence-electron chi connectivity index (χ4n) is 2.65. The summed E-state index contributed by atoms with van der Waals surface area (Å²) in [6, 6.07) is 10.3. The zero-order valence-electron chi connectivity index (χ0n) is 12.2. The van der Waals surface area contributed by atoms with Crippen LogP contribution in [0.25, 0.3) is 0 Å². The molecule has 0 saturated carbocycles. The maximum atomic E-state index is 13.6. The molecule has 6 heteroatoms. The van der Waals surface area contributed by atoms with E-state index in [-0.39, 0.29) is 23.3 Å². The molecule has 1 amide bonds. The summed E-state index contributed by atoms with van der Waals surface area (Å²) in [5, 5.41) is 3.09.